The van der Waals surface area contributed by atoms with Crippen molar-refractivity contribution >= 4 is 5.69 Å². The van der Waals surface area contributed by atoms with Crippen molar-refractivity contribution in [2.24, 2.45) is 5.92 Å². The first-order valence-electron chi connectivity index (χ1n) is 7.78. The molecule has 0 bridgehead atoms. The number of hydrogen-bond donors (Lipinski definition) is 1. The molecule has 1 aliphatic heterocycles. The van der Waals surface area contributed by atoms with Crippen molar-refractivity contribution in [3.63, 3.8) is 0 Å². The first-order chi connectivity index (χ1) is 9.74. The lowest BCUT2D eigenvalue weighted by Gasteiger charge is -2.34. The molecule has 1 saturated heterocycles. The minimum Gasteiger partial charge on any atom is -0.384 e. The number of rotatable bonds is 6. The molecule has 1 aromatic carbocycles. The monoisotopic (exact) mass is 276 g/mol. The minimum absolute atomic E-state index is 0.735. The van der Waals surface area contributed by atoms with Crippen LogP contribution in [0.3, 0.4) is 0 Å². The molecule has 0 atom stereocenters. The van der Waals surface area contributed by atoms with E-state index in [1.807, 2.05) is 0 Å². The maximum absolute atomic E-state index is 5.29. The van der Waals surface area contributed by atoms with Crippen LogP contribution in [0, 0.1) is 12.8 Å². The van der Waals surface area contributed by atoms with Crippen LogP contribution in [0.2, 0.25) is 0 Å². The number of piperidine rings is 1. The van der Waals surface area contributed by atoms with E-state index < -0.39 is 0 Å². The molecule has 112 valence electrons. The van der Waals surface area contributed by atoms with E-state index in [0.29, 0.717) is 0 Å². The van der Waals surface area contributed by atoms with Crippen molar-refractivity contribution in [3.8, 4) is 0 Å². The quantitative estimate of drug-likeness (QED) is 0.864. The first-order valence-corrected chi connectivity index (χ1v) is 7.78. The maximum atomic E-state index is 5.29. The third-order valence-corrected chi connectivity index (χ3v) is 4.16. The topological polar surface area (TPSA) is 24.5 Å². The molecule has 0 unspecified atom stereocenters. The third kappa shape index (κ3) is 3.97. The van der Waals surface area contributed by atoms with Gasteiger partial charge in [-0.2, -0.15) is 0 Å². The lowest BCUT2D eigenvalue weighted by Crippen LogP contribution is -2.35. The first kappa shape index (κ1) is 15.3. The SMILES string of the molecule is CCNCc1cc(C)ccc1N1CCC(COC)CC1. The Kier molecular flexibility index (Phi) is 5.86. The summed E-state index contributed by atoms with van der Waals surface area (Å²) in [6.07, 6.45) is 2.48. The Morgan fingerprint density at radius 1 is 1.30 bits per heavy atom. The molecule has 1 aliphatic rings. The molecule has 0 radical (unpaired) electrons. The lowest BCUT2D eigenvalue weighted by molar-refractivity contribution is 0.139. The van der Waals surface area contributed by atoms with Gasteiger partial charge in [0, 0.05) is 39.0 Å². The van der Waals surface area contributed by atoms with Crippen molar-refractivity contribution in [2.75, 3.05) is 38.3 Å². The van der Waals surface area contributed by atoms with Crippen molar-refractivity contribution in [1.82, 2.24) is 5.32 Å². The van der Waals surface area contributed by atoms with Gasteiger partial charge in [-0.05, 0) is 43.9 Å². The van der Waals surface area contributed by atoms with Crippen molar-refractivity contribution in [2.45, 2.75) is 33.2 Å². The number of hydrogen-bond acceptors (Lipinski definition) is 3. The molecule has 0 amide bonds. The van der Waals surface area contributed by atoms with E-state index in [1.165, 1.54) is 29.7 Å². The smallest absolute Gasteiger partial charge is 0.0491 e. The van der Waals surface area contributed by atoms with E-state index in [0.717, 1.165) is 38.7 Å². The summed E-state index contributed by atoms with van der Waals surface area (Å²) in [7, 11) is 1.81. The van der Waals surface area contributed by atoms with Gasteiger partial charge in [-0.3, -0.25) is 0 Å². The summed E-state index contributed by atoms with van der Waals surface area (Å²) in [5.41, 5.74) is 4.18. The third-order valence-electron chi connectivity index (χ3n) is 4.16. The van der Waals surface area contributed by atoms with Crippen LogP contribution in [0.5, 0.6) is 0 Å². The number of nitrogens with zero attached hydrogens (tertiary/aromatic N) is 1. The zero-order valence-corrected chi connectivity index (χ0v) is 13.1. The lowest BCUT2D eigenvalue weighted by atomic mass is 9.96. The number of ether oxygens (including phenoxy) is 1. The standard InChI is InChI=1S/C17H28N2O/c1-4-18-12-16-11-14(2)5-6-17(16)19-9-7-15(8-10-19)13-20-3/h5-6,11,15,18H,4,7-10,12-13H2,1-3H3. The highest BCUT2D eigenvalue weighted by atomic mass is 16.5. The van der Waals surface area contributed by atoms with Crippen molar-refractivity contribution < 1.29 is 4.74 Å². The summed E-state index contributed by atoms with van der Waals surface area (Å²) in [5, 5.41) is 3.45. The number of anilines is 1. The predicted octanol–water partition coefficient (Wildman–Crippen LogP) is 2.97. The number of benzene rings is 1. The Morgan fingerprint density at radius 3 is 2.70 bits per heavy atom. The molecule has 1 fully saturated rings. The molecule has 0 aromatic heterocycles. The highest BCUT2D eigenvalue weighted by Gasteiger charge is 2.20. The Balaban J connectivity index is 2.04. The van der Waals surface area contributed by atoms with E-state index in [2.05, 4.69) is 42.3 Å². The summed E-state index contributed by atoms with van der Waals surface area (Å²) < 4.78 is 5.29. The summed E-state index contributed by atoms with van der Waals surface area (Å²) in [6, 6.07) is 6.84. The molecule has 0 saturated carbocycles. The van der Waals surface area contributed by atoms with Crippen LogP contribution in [0.1, 0.15) is 30.9 Å². The molecule has 1 heterocycles. The molecule has 3 nitrogen and oxygen atoms in total. The zero-order valence-electron chi connectivity index (χ0n) is 13.1. The highest BCUT2D eigenvalue weighted by Crippen LogP contribution is 2.27. The fourth-order valence-electron chi connectivity index (χ4n) is 3.00. The van der Waals surface area contributed by atoms with Gasteiger partial charge in [0.1, 0.15) is 0 Å². The Hall–Kier alpha value is -1.06. The normalized spacial score (nSPS) is 16.6. The van der Waals surface area contributed by atoms with Gasteiger partial charge in [-0.25, -0.2) is 0 Å². The molecular formula is C17H28N2O. The van der Waals surface area contributed by atoms with Gasteiger partial charge in [0.25, 0.3) is 0 Å². The van der Waals surface area contributed by atoms with Gasteiger partial charge in [0.05, 0.1) is 0 Å². The maximum Gasteiger partial charge on any atom is 0.0491 e. The second-order valence-corrected chi connectivity index (χ2v) is 5.80. The van der Waals surface area contributed by atoms with Crippen LogP contribution in [0.4, 0.5) is 5.69 Å². The molecule has 0 aliphatic carbocycles. The van der Waals surface area contributed by atoms with Crippen LogP contribution in [-0.2, 0) is 11.3 Å². The van der Waals surface area contributed by atoms with Crippen LogP contribution >= 0.6 is 0 Å². The Labute approximate surface area is 123 Å². The van der Waals surface area contributed by atoms with Crippen molar-refractivity contribution in [1.29, 1.82) is 0 Å². The Bertz CT molecular complexity index is 411. The molecule has 1 aromatic rings. The van der Waals surface area contributed by atoms with Crippen LogP contribution in [-0.4, -0.2) is 33.4 Å². The summed E-state index contributed by atoms with van der Waals surface area (Å²) >= 11 is 0. The summed E-state index contributed by atoms with van der Waals surface area (Å²) in [6.45, 7) is 9.52. The highest BCUT2D eigenvalue weighted by molar-refractivity contribution is 5.55. The molecule has 1 N–H and O–H groups in total. The van der Waals surface area contributed by atoms with Crippen LogP contribution in [0.25, 0.3) is 0 Å². The average molecular weight is 276 g/mol. The van der Waals surface area contributed by atoms with E-state index in [4.69, 9.17) is 4.74 Å². The average Bonchev–Trinajstić information content (AvgIpc) is 2.47. The molecule has 2 rings (SSSR count). The number of nitrogens with one attached hydrogen (secondary N) is 1. The van der Waals surface area contributed by atoms with E-state index in [1.54, 1.807) is 7.11 Å². The van der Waals surface area contributed by atoms with Gasteiger partial charge in [-0.1, -0.05) is 24.6 Å². The second-order valence-electron chi connectivity index (χ2n) is 5.80. The predicted molar refractivity (Wildman–Crippen MR) is 85.4 cm³/mol. The second kappa shape index (κ2) is 7.65. The van der Waals surface area contributed by atoms with E-state index in [-0.39, 0.29) is 0 Å². The molecule has 0 spiro atoms. The van der Waals surface area contributed by atoms with Gasteiger partial charge in [0.2, 0.25) is 0 Å². The van der Waals surface area contributed by atoms with Crippen LogP contribution in [0.15, 0.2) is 18.2 Å². The largest absolute Gasteiger partial charge is 0.384 e. The minimum atomic E-state index is 0.735. The number of aryl methyl sites for hydroxylation is 1. The fraction of sp³-hybridized carbons (Fsp3) is 0.647. The van der Waals surface area contributed by atoms with E-state index >= 15 is 0 Å². The van der Waals surface area contributed by atoms with Gasteiger partial charge < -0.3 is 15.0 Å². The van der Waals surface area contributed by atoms with Gasteiger partial charge >= 0.3 is 0 Å². The molecule has 20 heavy (non-hydrogen) atoms. The van der Waals surface area contributed by atoms with E-state index in [9.17, 15) is 0 Å². The summed E-state index contributed by atoms with van der Waals surface area (Å²) in [4.78, 5) is 2.54. The van der Waals surface area contributed by atoms with Crippen molar-refractivity contribution in [3.05, 3.63) is 29.3 Å². The Morgan fingerprint density at radius 2 is 2.05 bits per heavy atom. The zero-order chi connectivity index (χ0) is 14.4. The van der Waals surface area contributed by atoms with Gasteiger partial charge in [0.15, 0.2) is 0 Å². The number of methoxy groups -OCH3 is 1. The molecular weight excluding hydrogens is 248 g/mol. The van der Waals surface area contributed by atoms with Gasteiger partial charge in [-0.15, -0.1) is 0 Å². The van der Waals surface area contributed by atoms with Crippen LogP contribution < -0.4 is 10.2 Å². The fourth-order valence-corrected chi connectivity index (χ4v) is 3.00. The molecule has 3 heteroatoms. The summed E-state index contributed by atoms with van der Waals surface area (Å²) in [5.74, 6) is 0.735.